The number of ether oxygens (including phenoxy) is 3. The Morgan fingerprint density at radius 1 is 0.299 bits per heavy atom. The maximum atomic E-state index is 12.8. The van der Waals surface area contributed by atoms with Gasteiger partial charge in [-0.3, -0.25) is 14.4 Å². The second-order valence-electron chi connectivity index (χ2n) is 17.0. The number of hydrogen-bond donors (Lipinski definition) is 0. The smallest absolute Gasteiger partial charge is 0.306 e. The fraction of sp³-hybridized carbons (Fsp3) is 0.590. The molecule has 0 fully saturated rings. The molecule has 0 aromatic heterocycles. The van der Waals surface area contributed by atoms with Gasteiger partial charge < -0.3 is 14.2 Å². The van der Waals surface area contributed by atoms with Crippen LogP contribution >= 0.6 is 0 Å². The van der Waals surface area contributed by atoms with Gasteiger partial charge in [0.2, 0.25) is 0 Å². The van der Waals surface area contributed by atoms with Crippen LogP contribution in [-0.2, 0) is 28.6 Å². The average Bonchev–Trinajstić information content (AvgIpc) is 3.33. The predicted molar refractivity (Wildman–Crippen MR) is 288 cm³/mol. The topological polar surface area (TPSA) is 78.9 Å². The number of unbranched alkanes of at least 4 members (excludes halogenated alkanes) is 13. The minimum absolute atomic E-state index is 0.110. The van der Waals surface area contributed by atoms with Crippen LogP contribution in [0.2, 0.25) is 0 Å². The molecule has 0 amide bonds. The standard InChI is InChI=1S/C61H96O6/c1-4-7-10-13-16-19-22-25-28-30-33-36-39-42-45-48-51-54-60(63)66-57-58(56-65-59(62)53-50-47-44-41-38-35-32-27-24-21-18-15-12-9-6-3)67-61(64)55-52-49-46-43-40-37-34-31-29-26-23-20-17-14-11-8-5-2/h7-12,16-21,25-29,32-34,36-37,58H,4-6,13-15,22-24,30-31,35,38-57H2,1-3H3/b10-7-,11-8-,12-9-,19-16-,20-17-,21-18-,28-25-,29-26-,32-27-,36-33-,37-34-. The van der Waals surface area contributed by atoms with Crippen molar-refractivity contribution in [2.75, 3.05) is 13.2 Å². The largest absolute Gasteiger partial charge is 0.462 e. The molecule has 0 rings (SSSR count). The van der Waals surface area contributed by atoms with Crippen LogP contribution in [0.25, 0.3) is 0 Å². The summed E-state index contributed by atoms with van der Waals surface area (Å²) in [6.07, 6.45) is 75.7. The molecule has 0 aliphatic rings. The van der Waals surface area contributed by atoms with Crippen LogP contribution in [-0.4, -0.2) is 37.2 Å². The van der Waals surface area contributed by atoms with Crippen molar-refractivity contribution in [1.82, 2.24) is 0 Å². The van der Waals surface area contributed by atoms with Crippen molar-refractivity contribution < 1.29 is 28.6 Å². The lowest BCUT2D eigenvalue weighted by molar-refractivity contribution is -0.167. The highest BCUT2D eigenvalue weighted by Gasteiger charge is 2.19. The molecular formula is C61H96O6. The molecule has 0 aromatic rings. The molecule has 6 nitrogen and oxygen atoms in total. The zero-order chi connectivity index (χ0) is 48.6. The highest BCUT2D eigenvalue weighted by atomic mass is 16.6. The monoisotopic (exact) mass is 925 g/mol. The summed E-state index contributed by atoms with van der Waals surface area (Å²) in [7, 11) is 0. The number of rotatable bonds is 46. The molecule has 0 heterocycles. The zero-order valence-electron chi connectivity index (χ0n) is 42.9. The molecule has 0 saturated carbocycles. The second kappa shape index (κ2) is 54.2. The Kier molecular flexibility index (Phi) is 50.6. The Morgan fingerprint density at radius 2 is 0.537 bits per heavy atom. The van der Waals surface area contributed by atoms with E-state index in [1.54, 1.807) is 0 Å². The van der Waals surface area contributed by atoms with Crippen molar-refractivity contribution in [3.63, 3.8) is 0 Å². The quantitative estimate of drug-likeness (QED) is 0.0262. The Bertz CT molecular complexity index is 1480. The van der Waals surface area contributed by atoms with E-state index in [9.17, 15) is 14.4 Å². The lowest BCUT2D eigenvalue weighted by Crippen LogP contribution is -2.30. The fourth-order valence-electron chi connectivity index (χ4n) is 6.73. The summed E-state index contributed by atoms with van der Waals surface area (Å²) >= 11 is 0. The molecule has 6 heteroatoms. The van der Waals surface area contributed by atoms with Gasteiger partial charge in [-0.15, -0.1) is 0 Å². The first-order valence-corrected chi connectivity index (χ1v) is 26.7. The Hall–Kier alpha value is -4.45. The number of hydrogen-bond acceptors (Lipinski definition) is 6. The molecule has 376 valence electrons. The molecule has 67 heavy (non-hydrogen) atoms. The van der Waals surface area contributed by atoms with E-state index in [4.69, 9.17) is 14.2 Å². The second-order valence-corrected chi connectivity index (χ2v) is 17.0. The minimum Gasteiger partial charge on any atom is -0.462 e. The van der Waals surface area contributed by atoms with Crippen LogP contribution in [0.4, 0.5) is 0 Å². The van der Waals surface area contributed by atoms with E-state index in [1.165, 1.54) is 0 Å². The third-order valence-corrected chi connectivity index (χ3v) is 10.6. The third kappa shape index (κ3) is 52.4. The van der Waals surface area contributed by atoms with E-state index in [0.717, 1.165) is 173 Å². The van der Waals surface area contributed by atoms with Gasteiger partial charge in [0, 0.05) is 19.3 Å². The molecule has 0 aromatic carbocycles. The predicted octanol–water partition coefficient (Wildman–Crippen LogP) is 17.9. The van der Waals surface area contributed by atoms with Crippen LogP contribution < -0.4 is 0 Å². The van der Waals surface area contributed by atoms with Crippen molar-refractivity contribution in [3.8, 4) is 0 Å². The summed E-state index contributed by atoms with van der Waals surface area (Å²) in [6.45, 7) is 6.23. The Labute approximate surface area is 411 Å². The summed E-state index contributed by atoms with van der Waals surface area (Å²) in [4.78, 5) is 38.1. The van der Waals surface area contributed by atoms with Gasteiger partial charge in [0.15, 0.2) is 6.10 Å². The number of carbonyl (C=O) groups is 3. The average molecular weight is 925 g/mol. The zero-order valence-corrected chi connectivity index (χ0v) is 42.9. The van der Waals surface area contributed by atoms with Gasteiger partial charge in [0.25, 0.3) is 0 Å². The Morgan fingerprint density at radius 3 is 0.836 bits per heavy atom. The van der Waals surface area contributed by atoms with Crippen LogP contribution in [0, 0.1) is 0 Å². The van der Waals surface area contributed by atoms with Gasteiger partial charge in [-0.2, -0.15) is 0 Å². The summed E-state index contributed by atoms with van der Waals surface area (Å²) < 4.78 is 16.8. The van der Waals surface area contributed by atoms with Crippen LogP contribution in [0.1, 0.15) is 213 Å². The highest BCUT2D eigenvalue weighted by molar-refractivity contribution is 5.71. The van der Waals surface area contributed by atoms with E-state index in [2.05, 4.69) is 154 Å². The molecule has 0 saturated heterocycles. The van der Waals surface area contributed by atoms with E-state index >= 15 is 0 Å². The first-order chi connectivity index (χ1) is 33.0. The van der Waals surface area contributed by atoms with Gasteiger partial charge in [-0.05, 0) is 128 Å². The van der Waals surface area contributed by atoms with Gasteiger partial charge in [-0.1, -0.05) is 199 Å². The van der Waals surface area contributed by atoms with Gasteiger partial charge >= 0.3 is 17.9 Å². The van der Waals surface area contributed by atoms with E-state index in [0.29, 0.717) is 12.8 Å². The number of esters is 3. The molecule has 0 aliphatic carbocycles. The van der Waals surface area contributed by atoms with Gasteiger partial charge in [0.1, 0.15) is 13.2 Å². The molecule has 0 N–H and O–H groups in total. The van der Waals surface area contributed by atoms with Crippen LogP contribution in [0.3, 0.4) is 0 Å². The van der Waals surface area contributed by atoms with Crippen molar-refractivity contribution >= 4 is 17.9 Å². The molecule has 1 unspecified atom stereocenters. The maximum absolute atomic E-state index is 12.8. The highest BCUT2D eigenvalue weighted by Crippen LogP contribution is 2.12. The number of carbonyl (C=O) groups excluding carboxylic acids is 3. The van der Waals surface area contributed by atoms with E-state index in [-0.39, 0.29) is 37.5 Å². The maximum Gasteiger partial charge on any atom is 0.306 e. The fourth-order valence-corrected chi connectivity index (χ4v) is 6.73. The van der Waals surface area contributed by atoms with Crippen molar-refractivity contribution in [2.45, 2.75) is 219 Å². The summed E-state index contributed by atoms with van der Waals surface area (Å²) in [6, 6.07) is 0. The van der Waals surface area contributed by atoms with Crippen molar-refractivity contribution in [2.24, 2.45) is 0 Å². The van der Waals surface area contributed by atoms with Crippen LogP contribution in [0.5, 0.6) is 0 Å². The molecule has 1 atom stereocenters. The van der Waals surface area contributed by atoms with Crippen LogP contribution in [0.15, 0.2) is 134 Å². The van der Waals surface area contributed by atoms with Gasteiger partial charge in [0.05, 0.1) is 0 Å². The molecule has 0 aliphatic heterocycles. The molecule has 0 bridgehead atoms. The lowest BCUT2D eigenvalue weighted by atomic mass is 10.1. The SMILES string of the molecule is CC/C=C\C/C=C\C/C=C\C/C=C\CCCCCCC(=O)OCC(COC(=O)CCCCCCC/C=C\C/C=C\C/C=C\CC)OC(=O)CCCCCC/C=C\C/C=C\C/C=C\C/C=C\CC. The summed E-state index contributed by atoms with van der Waals surface area (Å²) in [5, 5.41) is 0. The van der Waals surface area contributed by atoms with E-state index < -0.39 is 6.10 Å². The lowest BCUT2D eigenvalue weighted by Gasteiger charge is -2.18. The summed E-state index contributed by atoms with van der Waals surface area (Å²) in [5.41, 5.74) is 0. The van der Waals surface area contributed by atoms with Crippen molar-refractivity contribution in [3.05, 3.63) is 134 Å². The molecule has 0 radical (unpaired) electrons. The minimum atomic E-state index is -0.814. The molecule has 0 spiro atoms. The number of allylic oxidation sites excluding steroid dienone is 22. The third-order valence-electron chi connectivity index (χ3n) is 10.6. The first-order valence-electron chi connectivity index (χ1n) is 26.7. The van der Waals surface area contributed by atoms with E-state index in [1.807, 2.05) is 0 Å². The van der Waals surface area contributed by atoms with Crippen molar-refractivity contribution in [1.29, 1.82) is 0 Å². The molecular weight excluding hydrogens is 829 g/mol. The Balaban J connectivity index is 4.54. The first kappa shape index (κ1) is 62.5. The summed E-state index contributed by atoms with van der Waals surface area (Å²) in [5.74, 6) is -0.982. The normalized spacial score (nSPS) is 13.2. The van der Waals surface area contributed by atoms with Gasteiger partial charge in [-0.25, -0.2) is 0 Å².